The lowest BCUT2D eigenvalue weighted by atomic mass is 9.44. The Morgan fingerprint density at radius 2 is 1.59 bits per heavy atom. The third kappa shape index (κ3) is 5.33. The summed E-state index contributed by atoms with van der Waals surface area (Å²) in [5, 5.41) is 20.8. The molecule has 250 valence electrons. The maximum atomic E-state index is 15.0. The van der Waals surface area contributed by atoms with E-state index in [1.165, 1.54) is 17.0 Å². The van der Waals surface area contributed by atoms with E-state index in [0.29, 0.717) is 46.5 Å². The van der Waals surface area contributed by atoms with Crippen molar-refractivity contribution in [1.29, 1.82) is 0 Å². The van der Waals surface area contributed by atoms with Gasteiger partial charge in [-0.1, -0.05) is 90.3 Å². The molecule has 9 heteroatoms. The third-order valence-corrected chi connectivity index (χ3v) is 11.3. The van der Waals surface area contributed by atoms with Crippen molar-refractivity contribution in [3.8, 4) is 5.75 Å². The number of hydrogen-bond donors (Lipinski definition) is 2. The molecule has 0 radical (unpaired) electrons. The number of ketones is 2. The first-order chi connectivity index (χ1) is 23.6. The molecule has 4 aliphatic rings. The van der Waals surface area contributed by atoms with Crippen molar-refractivity contribution < 1.29 is 34.2 Å². The fourth-order valence-electron chi connectivity index (χ4n) is 8.98. The van der Waals surface area contributed by atoms with Crippen LogP contribution < -0.4 is 0 Å². The fourth-order valence-corrected chi connectivity index (χ4v) is 9.16. The molecule has 6 atom stereocenters. The first-order valence-electron chi connectivity index (χ1n) is 16.8. The average molecular weight is 678 g/mol. The number of aromatic hydroxyl groups is 1. The molecule has 7 rings (SSSR count). The Kier molecular flexibility index (Phi) is 8.61. The molecular weight excluding hydrogens is 642 g/mol. The minimum Gasteiger partial charge on any atom is -0.508 e. The van der Waals surface area contributed by atoms with Crippen LogP contribution in [0.15, 0.2) is 96.6 Å². The van der Waals surface area contributed by atoms with Gasteiger partial charge in [0.05, 0.1) is 17.3 Å². The van der Waals surface area contributed by atoms with Crippen LogP contribution in [0.25, 0.3) is 5.57 Å². The molecule has 3 aromatic carbocycles. The van der Waals surface area contributed by atoms with Gasteiger partial charge in [-0.25, -0.2) is 0 Å². The van der Waals surface area contributed by atoms with Crippen molar-refractivity contribution in [2.75, 3.05) is 6.54 Å². The van der Waals surface area contributed by atoms with Crippen molar-refractivity contribution in [3.05, 3.63) is 118 Å². The maximum Gasteiger partial charge on any atom is 0.303 e. The summed E-state index contributed by atoms with van der Waals surface area (Å²) in [4.78, 5) is 70.2. The van der Waals surface area contributed by atoms with Crippen LogP contribution in [0.1, 0.15) is 61.1 Å². The molecule has 1 heterocycles. The van der Waals surface area contributed by atoms with Crippen molar-refractivity contribution in [1.82, 2.24) is 4.90 Å². The highest BCUT2D eigenvalue weighted by molar-refractivity contribution is 6.32. The lowest BCUT2D eigenvalue weighted by molar-refractivity contribution is -0.141. The molecule has 2 fully saturated rings. The van der Waals surface area contributed by atoms with Crippen molar-refractivity contribution >= 4 is 46.5 Å². The van der Waals surface area contributed by atoms with Crippen LogP contribution in [0.3, 0.4) is 0 Å². The Morgan fingerprint density at radius 1 is 0.878 bits per heavy atom. The number of fused-ring (bicyclic) bond motifs is 4. The topological polar surface area (TPSA) is 129 Å². The van der Waals surface area contributed by atoms with E-state index in [2.05, 4.69) is 0 Å². The van der Waals surface area contributed by atoms with E-state index in [4.69, 9.17) is 16.7 Å². The Labute approximate surface area is 289 Å². The summed E-state index contributed by atoms with van der Waals surface area (Å²) in [5.74, 6) is -5.71. The number of carboxylic acids is 1. The van der Waals surface area contributed by atoms with Crippen LogP contribution >= 0.6 is 11.6 Å². The normalized spacial score (nSPS) is 27.6. The predicted octanol–water partition coefficient (Wildman–Crippen LogP) is 6.52. The van der Waals surface area contributed by atoms with Gasteiger partial charge in [0.2, 0.25) is 11.8 Å². The number of allylic oxidation sites excluding steroid dienone is 4. The van der Waals surface area contributed by atoms with Gasteiger partial charge in [0.25, 0.3) is 0 Å². The van der Waals surface area contributed by atoms with Crippen LogP contribution in [-0.2, 0) is 29.4 Å². The molecule has 0 bridgehead atoms. The van der Waals surface area contributed by atoms with E-state index < -0.39 is 41.0 Å². The van der Waals surface area contributed by atoms with Gasteiger partial charge in [-0.05, 0) is 67.0 Å². The van der Waals surface area contributed by atoms with Gasteiger partial charge in [0, 0.05) is 41.0 Å². The highest BCUT2D eigenvalue weighted by Gasteiger charge is 2.66. The predicted molar refractivity (Wildman–Crippen MR) is 183 cm³/mol. The summed E-state index contributed by atoms with van der Waals surface area (Å²) in [6.45, 7) is 0.195. The van der Waals surface area contributed by atoms with Gasteiger partial charge in [-0.2, -0.15) is 0 Å². The number of hydrogen-bond acceptors (Lipinski definition) is 6. The number of likely N-dealkylation sites (tertiary alicyclic amines) is 1. The first-order valence-corrected chi connectivity index (χ1v) is 17.2. The van der Waals surface area contributed by atoms with E-state index in [9.17, 15) is 24.3 Å². The standard InChI is InChI=1S/C40H36ClNO7/c41-25-15-18-32(43)30(20-25)36-26-16-17-27-35(39(49)42(38(27)48)19-9-3-8-14-34(45)46)29(26)21-31-37(47)28(23-10-4-1-5-11-23)22-33(44)40(31,36)24-12-6-2-7-13-24/h1-2,4-7,10-13,15-16,18,20,22,27,29,31,35-36,43H,3,8-9,14,17,19,21H2,(H,45,46)/t27-,29+,31-,35-,36+,40-/m0/s1. The van der Waals surface area contributed by atoms with Gasteiger partial charge in [-0.3, -0.25) is 28.9 Å². The molecule has 1 saturated carbocycles. The minimum absolute atomic E-state index is 0.0248. The number of Topliss-reactive ketones (excluding diaryl/α,β-unsaturated/α-hetero) is 1. The number of benzene rings is 3. The number of carbonyl (C=O) groups excluding carboxylic acids is 4. The average Bonchev–Trinajstić information content (AvgIpc) is 3.35. The highest BCUT2D eigenvalue weighted by atomic mass is 35.5. The summed E-state index contributed by atoms with van der Waals surface area (Å²) in [7, 11) is 0. The molecule has 2 N–H and O–H groups in total. The van der Waals surface area contributed by atoms with Crippen LogP contribution in [0.2, 0.25) is 5.02 Å². The lowest BCUT2D eigenvalue weighted by Crippen LogP contribution is -2.58. The molecule has 3 aromatic rings. The summed E-state index contributed by atoms with van der Waals surface area (Å²) in [5.41, 5.74) is 1.23. The molecule has 0 unspecified atom stereocenters. The summed E-state index contributed by atoms with van der Waals surface area (Å²) < 4.78 is 0. The number of imide groups is 1. The zero-order valence-electron chi connectivity index (χ0n) is 26.8. The van der Waals surface area contributed by atoms with Gasteiger partial charge in [-0.15, -0.1) is 0 Å². The van der Waals surface area contributed by atoms with E-state index in [1.807, 2.05) is 54.6 Å². The highest BCUT2D eigenvalue weighted by Crippen LogP contribution is 2.64. The number of rotatable bonds is 9. The second kappa shape index (κ2) is 12.9. The SMILES string of the molecule is O=C(O)CCCCCN1C(=O)[C@H]2[C@H](CC=C3[C@H]2C[C@H]2C(=O)C(c4ccccc4)=CC(=O)[C@@]2(c2ccccc2)[C@H]3c2cc(Cl)ccc2O)C1=O. The minimum atomic E-state index is -1.45. The van der Waals surface area contributed by atoms with E-state index >= 15 is 4.79 Å². The van der Waals surface area contributed by atoms with Gasteiger partial charge < -0.3 is 10.2 Å². The van der Waals surface area contributed by atoms with Crippen LogP contribution in [-0.4, -0.2) is 51.0 Å². The van der Waals surface area contributed by atoms with Gasteiger partial charge in [0.1, 0.15) is 5.75 Å². The van der Waals surface area contributed by atoms with Crippen LogP contribution in [0, 0.1) is 23.7 Å². The monoisotopic (exact) mass is 677 g/mol. The lowest BCUT2D eigenvalue weighted by Gasteiger charge is -2.55. The van der Waals surface area contributed by atoms with Crippen LogP contribution in [0.5, 0.6) is 5.75 Å². The molecule has 0 aromatic heterocycles. The summed E-state index contributed by atoms with van der Waals surface area (Å²) in [6, 6.07) is 22.9. The number of phenols is 1. The molecule has 1 saturated heterocycles. The molecule has 2 amide bonds. The van der Waals surface area contributed by atoms with E-state index in [0.717, 1.165) is 5.57 Å². The Balaban J connectivity index is 1.38. The van der Waals surface area contributed by atoms with Crippen LogP contribution in [0.4, 0.5) is 0 Å². The molecule has 3 aliphatic carbocycles. The second-order valence-corrected chi connectivity index (χ2v) is 14.0. The zero-order chi connectivity index (χ0) is 34.4. The number of carbonyl (C=O) groups is 5. The first kappa shape index (κ1) is 32.7. The Bertz CT molecular complexity index is 1920. The number of nitrogens with zero attached hydrogens (tertiary/aromatic N) is 1. The number of unbranched alkanes of at least 4 members (excludes halogenated alkanes) is 2. The largest absolute Gasteiger partial charge is 0.508 e. The second-order valence-electron chi connectivity index (χ2n) is 13.5. The van der Waals surface area contributed by atoms with Crippen molar-refractivity contribution in [3.63, 3.8) is 0 Å². The molecule has 0 spiro atoms. The van der Waals surface area contributed by atoms with Gasteiger partial charge >= 0.3 is 5.97 Å². The fraction of sp³-hybridized carbons (Fsp3) is 0.325. The smallest absolute Gasteiger partial charge is 0.303 e. The Hall–Kier alpha value is -4.82. The molecule has 49 heavy (non-hydrogen) atoms. The third-order valence-electron chi connectivity index (χ3n) is 11.0. The molecule has 8 nitrogen and oxygen atoms in total. The number of aliphatic carboxylic acids is 1. The number of halogens is 1. The molecule has 1 aliphatic heterocycles. The summed E-state index contributed by atoms with van der Waals surface area (Å²) >= 11 is 6.55. The maximum absolute atomic E-state index is 15.0. The zero-order valence-corrected chi connectivity index (χ0v) is 27.5. The quantitative estimate of drug-likeness (QED) is 0.150. The number of carboxylic acid groups (broad SMARTS) is 1. The van der Waals surface area contributed by atoms with E-state index in [1.54, 1.807) is 24.3 Å². The van der Waals surface area contributed by atoms with Gasteiger partial charge in [0.15, 0.2) is 11.6 Å². The molecular formula is C40H36ClNO7. The number of amides is 2. The van der Waals surface area contributed by atoms with E-state index in [-0.39, 0.29) is 54.9 Å². The van der Waals surface area contributed by atoms with Crippen molar-refractivity contribution in [2.24, 2.45) is 23.7 Å². The Morgan fingerprint density at radius 3 is 2.31 bits per heavy atom. The van der Waals surface area contributed by atoms with Crippen molar-refractivity contribution in [2.45, 2.75) is 49.9 Å². The number of phenolic OH excluding ortho intramolecular Hbond substituents is 1. The summed E-state index contributed by atoms with van der Waals surface area (Å²) in [6.07, 6.45) is 5.37.